The van der Waals surface area contributed by atoms with E-state index in [1.54, 1.807) is 44.4 Å². The maximum absolute atomic E-state index is 13.1. The summed E-state index contributed by atoms with van der Waals surface area (Å²) in [5, 5.41) is 0.474. The van der Waals surface area contributed by atoms with Crippen LogP contribution in [-0.4, -0.2) is 57.9 Å². The normalized spacial score (nSPS) is 17.2. The summed E-state index contributed by atoms with van der Waals surface area (Å²) in [7, 11) is 1.19. The Morgan fingerprint density at radius 3 is 2.45 bits per heavy atom. The third kappa shape index (κ3) is 5.31. The number of nitrogens with zero attached hydrogens (tertiary/aromatic N) is 2. The molecule has 168 valence electrons. The van der Waals surface area contributed by atoms with Gasteiger partial charge < -0.3 is 14.4 Å². The Kier molecular flexibility index (Phi) is 7.46. The van der Waals surface area contributed by atoms with Gasteiger partial charge in [-0.15, -0.1) is 0 Å². The van der Waals surface area contributed by atoms with Crippen molar-refractivity contribution >= 4 is 27.5 Å². The van der Waals surface area contributed by atoms with Gasteiger partial charge in [-0.05, 0) is 54.8 Å². The Bertz CT molecular complexity index is 1030. The molecule has 3 rings (SSSR count). The van der Waals surface area contributed by atoms with Crippen molar-refractivity contribution in [2.75, 3.05) is 34.4 Å². The van der Waals surface area contributed by atoms with E-state index in [1.165, 1.54) is 16.4 Å². The molecule has 0 saturated carbocycles. The molecule has 31 heavy (non-hydrogen) atoms. The van der Waals surface area contributed by atoms with E-state index in [2.05, 4.69) is 0 Å². The van der Waals surface area contributed by atoms with Crippen molar-refractivity contribution < 1.29 is 22.7 Å². The highest BCUT2D eigenvalue weighted by molar-refractivity contribution is 7.89. The van der Waals surface area contributed by atoms with E-state index in [4.69, 9.17) is 21.1 Å². The van der Waals surface area contributed by atoms with Gasteiger partial charge in [0.25, 0.3) is 0 Å². The lowest BCUT2D eigenvalue weighted by Gasteiger charge is -2.33. The van der Waals surface area contributed by atoms with Crippen LogP contribution in [0.5, 0.6) is 11.5 Å². The van der Waals surface area contributed by atoms with Gasteiger partial charge in [0.1, 0.15) is 0 Å². The van der Waals surface area contributed by atoms with Crippen LogP contribution in [0.3, 0.4) is 0 Å². The van der Waals surface area contributed by atoms with Gasteiger partial charge in [0.2, 0.25) is 15.9 Å². The zero-order valence-electron chi connectivity index (χ0n) is 17.9. The van der Waals surface area contributed by atoms with E-state index < -0.39 is 10.0 Å². The van der Waals surface area contributed by atoms with Crippen molar-refractivity contribution in [3.63, 3.8) is 0 Å². The summed E-state index contributed by atoms with van der Waals surface area (Å²) in [6.45, 7) is 0.952. The molecule has 1 fully saturated rings. The zero-order valence-corrected chi connectivity index (χ0v) is 19.4. The molecule has 0 N–H and O–H groups in total. The topological polar surface area (TPSA) is 76.2 Å². The van der Waals surface area contributed by atoms with Crippen molar-refractivity contribution in [1.82, 2.24) is 9.21 Å². The Balaban J connectivity index is 1.69. The van der Waals surface area contributed by atoms with Gasteiger partial charge in [-0.3, -0.25) is 4.79 Å². The molecule has 1 heterocycles. The van der Waals surface area contributed by atoms with Crippen LogP contribution in [0.4, 0.5) is 0 Å². The lowest BCUT2D eigenvalue weighted by atomic mass is 9.98. The van der Waals surface area contributed by atoms with E-state index in [1.807, 2.05) is 12.1 Å². The van der Waals surface area contributed by atoms with Crippen LogP contribution in [0.15, 0.2) is 47.4 Å². The van der Waals surface area contributed by atoms with E-state index in [0.717, 1.165) is 5.56 Å². The first-order valence-corrected chi connectivity index (χ1v) is 11.8. The summed E-state index contributed by atoms with van der Waals surface area (Å²) in [6.07, 6.45) is 1.29. The molecular weight excluding hydrogens is 440 g/mol. The van der Waals surface area contributed by atoms with Crippen LogP contribution < -0.4 is 9.47 Å². The molecule has 2 aromatic rings. The minimum Gasteiger partial charge on any atom is -0.493 e. The van der Waals surface area contributed by atoms with Crippen molar-refractivity contribution in [1.29, 1.82) is 0 Å². The third-order valence-electron chi connectivity index (χ3n) is 5.43. The van der Waals surface area contributed by atoms with Gasteiger partial charge in [0, 0.05) is 31.7 Å². The second-order valence-corrected chi connectivity index (χ2v) is 9.91. The van der Waals surface area contributed by atoms with Gasteiger partial charge in [-0.2, -0.15) is 4.31 Å². The number of methoxy groups -OCH3 is 2. The lowest BCUT2D eigenvalue weighted by molar-refractivity contribution is -0.135. The number of rotatable bonds is 7. The average molecular weight is 467 g/mol. The number of amides is 1. The van der Waals surface area contributed by atoms with Crippen molar-refractivity contribution in [2.24, 2.45) is 5.92 Å². The molecular formula is C22H27ClN2O5S. The number of hydrogen-bond acceptors (Lipinski definition) is 5. The first kappa shape index (κ1) is 23.4. The summed E-state index contributed by atoms with van der Waals surface area (Å²) in [5.41, 5.74) is 0.898. The lowest BCUT2D eigenvalue weighted by Crippen LogP contribution is -2.45. The minimum atomic E-state index is -3.67. The molecule has 1 amide bonds. The molecule has 0 bridgehead atoms. The molecule has 7 nitrogen and oxygen atoms in total. The predicted molar refractivity (Wildman–Crippen MR) is 119 cm³/mol. The molecule has 0 aromatic heterocycles. The highest BCUT2D eigenvalue weighted by atomic mass is 35.5. The number of carbonyl (C=O) groups excluding carboxylic acids is 1. The number of ether oxygens (including phenoxy) is 2. The molecule has 0 spiro atoms. The standard InChI is InChI=1S/C22H27ClN2O5S/c1-24(14-16-6-11-20(29-2)21(13-16)30-3)22(26)17-5-4-12-25(15-17)31(27,28)19-9-7-18(23)8-10-19/h6-11,13,17H,4-5,12,14-15H2,1-3H3/t17-/m0/s1. The molecule has 0 unspecified atom stereocenters. The fourth-order valence-corrected chi connectivity index (χ4v) is 5.41. The van der Waals surface area contributed by atoms with E-state index >= 15 is 0 Å². The molecule has 1 saturated heterocycles. The molecule has 1 aliphatic heterocycles. The fourth-order valence-electron chi connectivity index (χ4n) is 3.76. The Morgan fingerprint density at radius 1 is 1.13 bits per heavy atom. The molecule has 9 heteroatoms. The van der Waals surface area contributed by atoms with Gasteiger partial charge in [-0.1, -0.05) is 17.7 Å². The summed E-state index contributed by atoms with van der Waals surface area (Å²) < 4.78 is 38.0. The van der Waals surface area contributed by atoms with Crippen LogP contribution in [0.2, 0.25) is 5.02 Å². The van der Waals surface area contributed by atoms with Gasteiger partial charge >= 0.3 is 0 Å². The fraction of sp³-hybridized carbons (Fsp3) is 0.409. The number of hydrogen-bond donors (Lipinski definition) is 0. The largest absolute Gasteiger partial charge is 0.493 e. The SMILES string of the molecule is COc1ccc(CN(C)C(=O)[C@H]2CCCN(S(=O)(=O)c3ccc(Cl)cc3)C2)cc1OC. The number of sulfonamides is 1. The van der Waals surface area contributed by atoms with Crippen LogP contribution >= 0.6 is 11.6 Å². The van der Waals surface area contributed by atoms with Crippen LogP contribution in [0.1, 0.15) is 18.4 Å². The van der Waals surface area contributed by atoms with E-state index in [0.29, 0.717) is 42.5 Å². The number of carbonyl (C=O) groups is 1. The molecule has 2 aromatic carbocycles. The summed E-state index contributed by atoms with van der Waals surface area (Å²) in [4.78, 5) is 14.9. The monoisotopic (exact) mass is 466 g/mol. The highest BCUT2D eigenvalue weighted by Crippen LogP contribution is 2.29. The molecule has 0 radical (unpaired) electrons. The first-order valence-electron chi connectivity index (χ1n) is 9.98. The van der Waals surface area contributed by atoms with Gasteiger partial charge in [0.05, 0.1) is 25.0 Å². The van der Waals surface area contributed by atoms with Crippen molar-refractivity contribution in [3.8, 4) is 11.5 Å². The van der Waals surface area contributed by atoms with E-state index in [-0.39, 0.29) is 23.3 Å². The predicted octanol–water partition coefficient (Wildman–Crippen LogP) is 3.42. The number of piperidine rings is 1. The zero-order chi connectivity index (χ0) is 22.6. The Morgan fingerprint density at radius 2 is 1.81 bits per heavy atom. The summed E-state index contributed by atoms with van der Waals surface area (Å²) in [6, 6.07) is 11.6. The van der Waals surface area contributed by atoms with Crippen LogP contribution in [0, 0.1) is 5.92 Å². The van der Waals surface area contributed by atoms with Gasteiger partial charge in [0.15, 0.2) is 11.5 Å². The number of halogens is 1. The van der Waals surface area contributed by atoms with E-state index in [9.17, 15) is 13.2 Å². The third-order valence-corrected chi connectivity index (χ3v) is 7.56. The Hall–Kier alpha value is -2.29. The molecule has 0 aliphatic carbocycles. The number of benzene rings is 2. The van der Waals surface area contributed by atoms with Crippen molar-refractivity contribution in [2.45, 2.75) is 24.3 Å². The van der Waals surface area contributed by atoms with Crippen molar-refractivity contribution in [3.05, 3.63) is 53.1 Å². The highest BCUT2D eigenvalue weighted by Gasteiger charge is 2.34. The Labute approximate surface area is 188 Å². The first-order chi connectivity index (χ1) is 14.8. The summed E-state index contributed by atoms with van der Waals surface area (Å²) in [5.74, 6) is 0.751. The smallest absolute Gasteiger partial charge is 0.243 e. The second kappa shape index (κ2) is 9.89. The average Bonchev–Trinajstić information content (AvgIpc) is 2.78. The van der Waals surface area contributed by atoms with Crippen LogP contribution in [0.25, 0.3) is 0 Å². The summed E-state index contributed by atoms with van der Waals surface area (Å²) >= 11 is 5.88. The van der Waals surface area contributed by atoms with Gasteiger partial charge in [-0.25, -0.2) is 8.42 Å². The molecule has 1 aliphatic rings. The maximum atomic E-state index is 13.1. The minimum absolute atomic E-state index is 0.0780. The second-order valence-electron chi connectivity index (χ2n) is 7.54. The maximum Gasteiger partial charge on any atom is 0.243 e. The quantitative estimate of drug-likeness (QED) is 0.625. The molecule has 1 atom stereocenters. The van der Waals surface area contributed by atoms with Crippen LogP contribution in [-0.2, 0) is 21.4 Å².